The maximum atomic E-state index is 14.2. The second-order valence-electron chi connectivity index (χ2n) is 9.25. The molecule has 0 unspecified atom stereocenters. The van der Waals surface area contributed by atoms with Gasteiger partial charge in [-0.15, -0.1) is 0 Å². The van der Waals surface area contributed by atoms with Crippen molar-refractivity contribution in [3.05, 3.63) is 29.6 Å². The molecule has 1 aliphatic carbocycles. The van der Waals surface area contributed by atoms with Crippen LogP contribution in [-0.2, 0) is 14.8 Å². The largest absolute Gasteiger partial charge is 0.490 e. The number of ether oxygens (including phenoxy) is 1. The summed E-state index contributed by atoms with van der Waals surface area (Å²) in [5.74, 6) is -0.145. The summed E-state index contributed by atoms with van der Waals surface area (Å²) in [4.78, 5) is 24.5. The number of halogens is 1. The highest BCUT2D eigenvalue weighted by molar-refractivity contribution is 7.89. The SMILES string of the molecule is CC(C)[C@H](NS(=O)(=O)CCCCCN1CCC(=O)NC1=O)c1ccc(F)c(OCC2CC2)c1. The van der Waals surface area contributed by atoms with E-state index in [0.717, 1.165) is 12.8 Å². The van der Waals surface area contributed by atoms with E-state index in [1.807, 2.05) is 13.8 Å². The van der Waals surface area contributed by atoms with Gasteiger partial charge >= 0.3 is 6.03 Å². The fourth-order valence-electron chi connectivity index (χ4n) is 3.74. The van der Waals surface area contributed by atoms with Gasteiger partial charge in [-0.3, -0.25) is 10.1 Å². The van der Waals surface area contributed by atoms with Crippen molar-refractivity contribution < 1.29 is 27.1 Å². The summed E-state index contributed by atoms with van der Waals surface area (Å²) in [6, 6.07) is 3.64. The number of urea groups is 1. The molecule has 1 heterocycles. The number of amides is 3. The maximum absolute atomic E-state index is 14.2. The topological polar surface area (TPSA) is 105 Å². The summed E-state index contributed by atoms with van der Waals surface area (Å²) >= 11 is 0. The summed E-state index contributed by atoms with van der Waals surface area (Å²) in [5, 5.41) is 2.28. The van der Waals surface area contributed by atoms with Crippen LogP contribution in [0.25, 0.3) is 0 Å². The van der Waals surface area contributed by atoms with Crippen molar-refractivity contribution >= 4 is 22.0 Å². The number of nitrogens with one attached hydrogen (secondary N) is 2. The van der Waals surface area contributed by atoms with Gasteiger partial charge in [-0.2, -0.15) is 0 Å². The number of nitrogens with zero attached hydrogens (tertiary/aromatic N) is 1. The van der Waals surface area contributed by atoms with Gasteiger partial charge in [0.1, 0.15) is 0 Å². The number of carbonyl (C=O) groups is 2. The van der Waals surface area contributed by atoms with Crippen molar-refractivity contribution in [1.82, 2.24) is 14.9 Å². The predicted molar refractivity (Wildman–Crippen MR) is 123 cm³/mol. The number of rotatable bonds is 13. The Morgan fingerprint density at radius 3 is 2.64 bits per heavy atom. The first-order valence-corrected chi connectivity index (χ1v) is 13.3. The van der Waals surface area contributed by atoms with Gasteiger partial charge in [-0.25, -0.2) is 22.3 Å². The quantitative estimate of drug-likeness (QED) is 0.419. The third kappa shape index (κ3) is 7.96. The average molecular weight is 484 g/mol. The Morgan fingerprint density at radius 2 is 1.97 bits per heavy atom. The number of carbonyl (C=O) groups excluding carboxylic acids is 2. The Labute approximate surface area is 195 Å². The molecule has 1 saturated carbocycles. The zero-order valence-corrected chi connectivity index (χ0v) is 20.1. The van der Waals surface area contributed by atoms with Gasteiger partial charge in [0.05, 0.1) is 12.4 Å². The molecule has 2 fully saturated rings. The minimum Gasteiger partial charge on any atom is -0.490 e. The second-order valence-corrected chi connectivity index (χ2v) is 11.1. The van der Waals surface area contributed by atoms with Gasteiger partial charge in [-0.1, -0.05) is 26.3 Å². The number of hydrogen-bond donors (Lipinski definition) is 2. The van der Waals surface area contributed by atoms with Crippen LogP contribution in [0.5, 0.6) is 5.75 Å². The van der Waals surface area contributed by atoms with E-state index in [1.54, 1.807) is 17.0 Å². The van der Waals surface area contributed by atoms with E-state index < -0.39 is 21.9 Å². The molecule has 0 aromatic heterocycles. The standard InChI is InChI=1S/C23H34FN3O5S/c1-16(2)22(18-8-9-19(24)20(14-18)32-15-17-6-7-17)26-33(30,31)13-5-3-4-11-27-12-10-21(28)25-23(27)29/h8-9,14,16-17,22,26H,3-7,10-13,15H2,1-2H3,(H,25,28,29)/t22-/m0/s1. The molecule has 0 radical (unpaired) electrons. The van der Waals surface area contributed by atoms with E-state index in [0.29, 0.717) is 50.4 Å². The summed E-state index contributed by atoms with van der Waals surface area (Å²) in [7, 11) is -3.56. The van der Waals surface area contributed by atoms with E-state index in [2.05, 4.69) is 10.0 Å². The second kappa shape index (κ2) is 11.3. The summed E-state index contributed by atoms with van der Waals surface area (Å²) in [6.45, 7) is 5.18. The Bertz CT molecular complexity index is 949. The minimum absolute atomic E-state index is 0.0346. The molecule has 33 heavy (non-hydrogen) atoms. The van der Waals surface area contributed by atoms with Crippen molar-refractivity contribution in [2.75, 3.05) is 25.4 Å². The molecule has 0 spiro atoms. The third-order valence-corrected chi connectivity index (χ3v) is 7.38. The molecule has 1 aliphatic heterocycles. The van der Waals surface area contributed by atoms with Crippen LogP contribution >= 0.6 is 0 Å². The zero-order chi connectivity index (χ0) is 24.0. The van der Waals surface area contributed by atoms with Crippen LogP contribution in [0.15, 0.2) is 18.2 Å². The highest BCUT2D eigenvalue weighted by Crippen LogP contribution is 2.32. The van der Waals surface area contributed by atoms with Gasteiger partial charge in [0, 0.05) is 25.6 Å². The van der Waals surface area contributed by atoms with Crippen molar-refractivity contribution in [2.45, 2.75) is 58.4 Å². The van der Waals surface area contributed by atoms with Gasteiger partial charge < -0.3 is 9.64 Å². The number of benzene rings is 1. The summed E-state index contributed by atoms with van der Waals surface area (Å²) in [5.41, 5.74) is 0.673. The van der Waals surface area contributed by atoms with Gasteiger partial charge in [0.15, 0.2) is 11.6 Å². The average Bonchev–Trinajstić information content (AvgIpc) is 3.57. The molecule has 2 aliphatic rings. The lowest BCUT2D eigenvalue weighted by Gasteiger charge is -2.26. The van der Waals surface area contributed by atoms with Gasteiger partial charge in [-0.05, 0) is 55.2 Å². The van der Waals surface area contributed by atoms with Crippen LogP contribution in [0.4, 0.5) is 9.18 Å². The highest BCUT2D eigenvalue weighted by Gasteiger charge is 2.26. The molecule has 1 aromatic carbocycles. The molecule has 2 N–H and O–H groups in total. The fraction of sp³-hybridized carbons (Fsp3) is 0.652. The fourth-order valence-corrected chi connectivity index (χ4v) is 5.24. The molecule has 3 rings (SSSR count). The number of unbranched alkanes of at least 4 members (excludes halogenated alkanes) is 2. The molecule has 0 bridgehead atoms. The van der Waals surface area contributed by atoms with Crippen LogP contribution in [0.1, 0.15) is 64.0 Å². The number of sulfonamides is 1. The van der Waals surface area contributed by atoms with Crippen LogP contribution in [0.3, 0.4) is 0 Å². The lowest BCUT2D eigenvalue weighted by Crippen LogP contribution is -2.49. The van der Waals surface area contributed by atoms with Crippen molar-refractivity contribution in [2.24, 2.45) is 11.8 Å². The molecular weight excluding hydrogens is 449 g/mol. The first kappa shape index (κ1) is 25.4. The Kier molecular flexibility index (Phi) is 8.69. The Morgan fingerprint density at radius 1 is 1.21 bits per heavy atom. The molecule has 1 aromatic rings. The zero-order valence-electron chi connectivity index (χ0n) is 19.3. The van der Waals surface area contributed by atoms with Crippen LogP contribution < -0.4 is 14.8 Å². The number of imide groups is 1. The Hall–Kier alpha value is -2.20. The van der Waals surface area contributed by atoms with Crippen molar-refractivity contribution in [3.8, 4) is 5.75 Å². The monoisotopic (exact) mass is 483 g/mol. The third-order valence-electron chi connectivity index (χ3n) is 5.94. The molecule has 8 nitrogen and oxygen atoms in total. The lowest BCUT2D eigenvalue weighted by atomic mass is 9.97. The molecular formula is C23H34FN3O5S. The molecule has 1 saturated heterocycles. The molecule has 184 valence electrons. The first-order valence-electron chi connectivity index (χ1n) is 11.7. The van der Waals surface area contributed by atoms with Gasteiger partial charge in [0.2, 0.25) is 15.9 Å². The van der Waals surface area contributed by atoms with E-state index >= 15 is 0 Å². The molecule has 10 heteroatoms. The number of hydrogen-bond acceptors (Lipinski definition) is 5. The van der Waals surface area contributed by atoms with E-state index in [9.17, 15) is 22.4 Å². The van der Waals surface area contributed by atoms with E-state index in [4.69, 9.17) is 4.74 Å². The predicted octanol–water partition coefficient (Wildman–Crippen LogP) is 3.34. The summed E-state index contributed by atoms with van der Waals surface area (Å²) in [6.07, 6.45) is 4.23. The normalized spacial score (nSPS) is 17.9. The van der Waals surface area contributed by atoms with Crippen molar-refractivity contribution in [3.63, 3.8) is 0 Å². The highest BCUT2D eigenvalue weighted by atomic mass is 32.2. The molecule has 1 atom stereocenters. The maximum Gasteiger partial charge on any atom is 0.324 e. The van der Waals surface area contributed by atoms with E-state index in [-0.39, 0.29) is 35.8 Å². The van der Waals surface area contributed by atoms with Crippen LogP contribution in [-0.4, -0.2) is 50.7 Å². The van der Waals surface area contributed by atoms with Crippen molar-refractivity contribution in [1.29, 1.82) is 0 Å². The van der Waals surface area contributed by atoms with Crippen LogP contribution in [0, 0.1) is 17.7 Å². The minimum atomic E-state index is -3.56. The summed E-state index contributed by atoms with van der Waals surface area (Å²) < 4.78 is 48.0. The smallest absolute Gasteiger partial charge is 0.324 e. The first-order chi connectivity index (χ1) is 15.6. The lowest BCUT2D eigenvalue weighted by molar-refractivity contribution is -0.121. The van der Waals surface area contributed by atoms with Crippen LogP contribution in [0.2, 0.25) is 0 Å². The van der Waals surface area contributed by atoms with E-state index in [1.165, 1.54) is 6.07 Å². The van der Waals surface area contributed by atoms with Gasteiger partial charge in [0.25, 0.3) is 0 Å². The molecule has 3 amide bonds. The Balaban J connectivity index is 1.49.